The largest absolute Gasteiger partial charge is 0.465 e. The fourth-order valence-electron chi connectivity index (χ4n) is 5.00. The van der Waals surface area contributed by atoms with E-state index in [0.29, 0.717) is 12.3 Å². The summed E-state index contributed by atoms with van der Waals surface area (Å²) in [5, 5.41) is 8.95. The van der Waals surface area contributed by atoms with Gasteiger partial charge in [0, 0.05) is 42.6 Å². The number of urea groups is 1. The Morgan fingerprint density at radius 3 is 2.41 bits per heavy atom. The maximum absolute atomic E-state index is 15.9. The second-order valence-electron chi connectivity index (χ2n) is 10.6. The average Bonchev–Trinajstić information content (AvgIpc) is 3.31. The number of aromatic nitrogens is 1. The van der Waals surface area contributed by atoms with Crippen LogP contribution in [0.4, 0.5) is 39.5 Å². The SMILES string of the molecule is COC(=O)c1ccc(F)cc1-c1cc(NC(=O)Nc2cc(C)on2)c(N(CC(C)C)C2CCC(F)(F)CC2)cc1F. The number of benzene rings is 2. The molecule has 0 spiro atoms. The Morgan fingerprint density at radius 2 is 1.80 bits per heavy atom. The molecule has 1 aliphatic rings. The lowest BCUT2D eigenvalue weighted by Crippen LogP contribution is -2.43. The molecule has 1 aromatic heterocycles. The molecular formula is C29H32F4N4O4. The van der Waals surface area contributed by atoms with Gasteiger partial charge in [-0.25, -0.2) is 27.2 Å². The molecule has 8 nitrogen and oxygen atoms in total. The summed E-state index contributed by atoms with van der Waals surface area (Å²) in [6.07, 6.45) is -0.284. The van der Waals surface area contributed by atoms with E-state index in [0.717, 1.165) is 19.2 Å². The number of alkyl halides is 2. The zero-order valence-electron chi connectivity index (χ0n) is 23.2. The van der Waals surface area contributed by atoms with Crippen LogP contribution in [0.2, 0.25) is 0 Å². The standard InChI is InChI=1S/C29H32F4N4O4/c1-16(2)15-37(19-7-9-29(32,33)10-8-19)25-14-23(31)22(21-12-18(30)5-6-20(21)27(38)40-4)13-24(25)34-28(39)35-26-11-17(3)41-36-26/h5-6,11-14,16,19H,7-10,15H2,1-4H3,(H2,34,35,36,39). The molecule has 4 rings (SSSR count). The van der Waals surface area contributed by atoms with Gasteiger partial charge >= 0.3 is 12.0 Å². The number of halogens is 4. The molecule has 1 saturated carbocycles. The van der Waals surface area contributed by atoms with Gasteiger partial charge < -0.3 is 19.5 Å². The number of methoxy groups -OCH3 is 1. The molecule has 41 heavy (non-hydrogen) atoms. The normalized spacial score (nSPS) is 15.0. The van der Waals surface area contributed by atoms with Crippen molar-refractivity contribution in [1.82, 2.24) is 5.16 Å². The fourth-order valence-corrected chi connectivity index (χ4v) is 5.00. The zero-order chi connectivity index (χ0) is 29.9. The van der Waals surface area contributed by atoms with E-state index < -0.39 is 29.6 Å². The van der Waals surface area contributed by atoms with Crippen LogP contribution in [0.25, 0.3) is 11.1 Å². The fraction of sp³-hybridized carbons (Fsp3) is 0.414. The first-order chi connectivity index (χ1) is 19.4. The van der Waals surface area contributed by atoms with E-state index >= 15 is 4.39 Å². The van der Waals surface area contributed by atoms with Gasteiger partial charge in [0.15, 0.2) is 5.82 Å². The van der Waals surface area contributed by atoms with E-state index in [2.05, 4.69) is 15.8 Å². The highest BCUT2D eigenvalue weighted by Crippen LogP contribution is 2.41. The van der Waals surface area contributed by atoms with Gasteiger partial charge in [0.05, 0.1) is 24.0 Å². The molecule has 0 atom stereocenters. The predicted octanol–water partition coefficient (Wildman–Crippen LogP) is 7.40. The summed E-state index contributed by atoms with van der Waals surface area (Å²) in [6.45, 7) is 5.92. The second kappa shape index (κ2) is 12.2. The summed E-state index contributed by atoms with van der Waals surface area (Å²) in [5.74, 6) is -4.43. The Bertz CT molecular complexity index is 1420. The van der Waals surface area contributed by atoms with Crippen molar-refractivity contribution in [2.24, 2.45) is 5.92 Å². The molecule has 0 radical (unpaired) electrons. The molecule has 1 fully saturated rings. The maximum Gasteiger partial charge on any atom is 0.338 e. The van der Waals surface area contributed by atoms with Crippen molar-refractivity contribution in [3.63, 3.8) is 0 Å². The smallest absolute Gasteiger partial charge is 0.338 e. The lowest BCUT2D eigenvalue weighted by molar-refractivity contribution is -0.0382. The van der Waals surface area contributed by atoms with Crippen LogP contribution in [0.3, 0.4) is 0 Å². The number of esters is 1. The highest BCUT2D eigenvalue weighted by atomic mass is 19.3. The number of aryl methyl sites for hydroxylation is 1. The highest BCUT2D eigenvalue weighted by molar-refractivity contribution is 6.03. The highest BCUT2D eigenvalue weighted by Gasteiger charge is 2.38. The summed E-state index contributed by atoms with van der Waals surface area (Å²) in [6, 6.07) is 6.13. The Morgan fingerprint density at radius 1 is 1.10 bits per heavy atom. The third-order valence-corrected chi connectivity index (χ3v) is 6.88. The van der Waals surface area contributed by atoms with Crippen molar-refractivity contribution in [3.05, 3.63) is 59.4 Å². The first kappa shape index (κ1) is 29.9. The van der Waals surface area contributed by atoms with Crippen molar-refractivity contribution in [2.75, 3.05) is 29.2 Å². The van der Waals surface area contributed by atoms with E-state index in [9.17, 15) is 22.8 Å². The van der Waals surface area contributed by atoms with Gasteiger partial charge in [0.2, 0.25) is 5.92 Å². The van der Waals surface area contributed by atoms with Crippen molar-refractivity contribution >= 4 is 29.2 Å². The van der Waals surface area contributed by atoms with Gasteiger partial charge in [-0.05, 0) is 56.0 Å². The van der Waals surface area contributed by atoms with Crippen LogP contribution in [0, 0.1) is 24.5 Å². The van der Waals surface area contributed by atoms with Crippen molar-refractivity contribution < 1.29 is 36.4 Å². The van der Waals surface area contributed by atoms with E-state index in [-0.39, 0.29) is 71.5 Å². The number of rotatable bonds is 8. The number of carbonyl (C=O) groups excluding carboxylic acids is 2. The first-order valence-electron chi connectivity index (χ1n) is 13.2. The molecule has 12 heteroatoms. The second-order valence-corrected chi connectivity index (χ2v) is 10.6. The molecule has 1 heterocycles. The molecule has 3 aromatic rings. The number of hydrogen-bond donors (Lipinski definition) is 2. The minimum atomic E-state index is -2.77. The van der Waals surface area contributed by atoms with E-state index in [4.69, 9.17) is 9.26 Å². The monoisotopic (exact) mass is 576 g/mol. The summed E-state index contributed by atoms with van der Waals surface area (Å²) < 4.78 is 68.0. The van der Waals surface area contributed by atoms with E-state index in [1.54, 1.807) is 6.92 Å². The van der Waals surface area contributed by atoms with Crippen LogP contribution in [0.15, 0.2) is 40.9 Å². The number of hydrogen-bond acceptors (Lipinski definition) is 6. The van der Waals surface area contributed by atoms with Gasteiger partial charge in [-0.2, -0.15) is 0 Å². The van der Waals surface area contributed by atoms with Gasteiger partial charge in [-0.1, -0.05) is 19.0 Å². The molecule has 0 aliphatic heterocycles. The molecule has 2 N–H and O–H groups in total. The number of ether oxygens (including phenoxy) is 1. The Balaban J connectivity index is 1.83. The molecule has 0 saturated heterocycles. The molecule has 0 unspecified atom stereocenters. The topological polar surface area (TPSA) is 96.7 Å². The first-order valence-corrected chi connectivity index (χ1v) is 13.2. The van der Waals surface area contributed by atoms with Crippen molar-refractivity contribution in [2.45, 2.75) is 58.4 Å². The predicted molar refractivity (Wildman–Crippen MR) is 146 cm³/mol. The maximum atomic E-state index is 15.9. The molecule has 220 valence electrons. The Hall–Kier alpha value is -4.09. The lowest BCUT2D eigenvalue weighted by Gasteiger charge is -2.40. The van der Waals surface area contributed by atoms with Crippen LogP contribution in [-0.2, 0) is 4.74 Å². The van der Waals surface area contributed by atoms with Crippen molar-refractivity contribution in [1.29, 1.82) is 0 Å². The van der Waals surface area contributed by atoms with E-state index in [1.807, 2.05) is 18.7 Å². The Labute approximate surface area is 235 Å². The van der Waals surface area contributed by atoms with Gasteiger partial charge in [-0.15, -0.1) is 0 Å². The van der Waals surface area contributed by atoms with E-state index in [1.165, 1.54) is 24.3 Å². The number of carbonyl (C=O) groups is 2. The third-order valence-electron chi connectivity index (χ3n) is 6.88. The molecular weight excluding hydrogens is 544 g/mol. The summed E-state index contributed by atoms with van der Waals surface area (Å²) in [7, 11) is 1.15. The zero-order valence-corrected chi connectivity index (χ0v) is 23.2. The minimum Gasteiger partial charge on any atom is -0.465 e. The quantitative estimate of drug-likeness (QED) is 0.214. The number of nitrogens with zero attached hydrogens (tertiary/aromatic N) is 2. The van der Waals surface area contributed by atoms with Crippen LogP contribution in [0.5, 0.6) is 0 Å². The molecule has 2 amide bonds. The Kier molecular flexibility index (Phi) is 8.89. The number of amides is 2. The molecule has 1 aliphatic carbocycles. The van der Waals surface area contributed by atoms with Crippen LogP contribution < -0.4 is 15.5 Å². The average molecular weight is 577 g/mol. The summed E-state index contributed by atoms with van der Waals surface area (Å²) in [4.78, 5) is 27.3. The van der Waals surface area contributed by atoms with Gasteiger partial charge in [-0.3, -0.25) is 5.32 Å². The third kappa shape index (κ3) is 7.17. The summed E-state index contributed by atoms with van der Waals surface area (Å²) in [5.41, 5.74) is 0.0579. The number of anilines is 3. The van der Waals surface area contributed by atoms with Crippen molar-refractivity contribution in [3.8, 4) is 11.1 Å². The van der Waals surface area contributed by atoms with Crippen LogP contribution in [0.1, 0.15) is 55.6 Å². The summed E-state index contributed by atoms with van der Waals surface area (Å²) >= 11 is 0. The lowest BCUT2D eigenvalue weighted by atomic mass is 9.89. The van der Waals surface area contributed by atoms with Crippen LogP contribution >= 0.6 is 0 Å². The molecule has 0 bridgehead atoms. The van der Waals surface area contributed by atoms with Gasteiger partial charge in [0.1, 0.15) is 17.4 Å². The number of nitrogens with one attached hydrogen (secondary N) is 2. The molecule has 2 aromatic carbocycles. The minimum absolute atomic E-state index is 0.0640. The van der Waals surface area contributed by atoms with Crippen LogP contribution in [-0.4, -0.2) is 42.8 Å². The van der Waals surface area contributed by atoms with Gasteiger partial charge in [0.25, 0.3) is 0 Å².